The highest BCUT2D eigenvalue weighted by molar-refractivity contribution is 7.21. The maximum Gasteiger partial charge on any atom is 0.126 e. The van der Waals surface area contributed by atoms with Gasteiger partial charge in [0.25, 0.3) is 0 Å². The van der Waals surface area contributed by atoms with Crippen LogP contribution in [0.15, 0.2) is 36.5 Å². The average Bonchev–Trinajstić information content (AvgIpc) is 3.09. The second kappa shape index (κ2) is 7.56. The van der Waals surface area contributed by atoms with Crippen molar-refractivity contribution in [2.24, 2.45) is 5.73 Å². The molecule has 2 aromatic carbocycles. The van der Waals surface area contributed by atoms with Crippen molar-refractivity contribution in [1.82, 2.24) is 15.0 Å². The van der Waals surface area contributed by atoms with Crippen LogP contribution in [0.3, 0.4) is 0 Å². The Hall–Kier alpha value is -2.61. The zero-order chi connectivity index (χ0) is 18.8. The maximum absolute atomic E-state index is 5.62. The van der Waals surface area contributed by atoms with E-state index >= 15 is 0 Å². The summed E-state index contributed by atoms with van der Waals surface area (Å²) in [5.41, 5.74) is 11.1. The summed E-state index contributed by atoms with van der Waals surface area (Å²) in [6.45, 7) is 3.49. The molecule has 0 spiro atoms. The maximum atomic E-state index is 5.62. The molecule has 0 atom stereocenters. The minimum absolute atomic E-state index is 0.443. The lowest BCUT2D eigenvalue weighted by atomic mass is 10.1. The number of hydrogen-bond donors (Lipinski definition) is 1. The Labute approximate surface area is 161 Å². The molecule has 0 amide bonds. The largest absolute Gasteiger partial charge is 0.492 e. The Morgan fingerprint density at radius 3 is 2.81 bits per heavy atom. The molecule has 6 nitrogen and oxygen atoms in total. The summed E-state index contributed by atoms with van der Waals surface area (Å²) >= 11 is 1.62. The van der Waals surface area contributed by atoms with Gasteiger partial charge in [-0.2, -0.15) is 0 Å². The van der Waals surface area contributed by atoms with E-state index in [-0.39, 0.29) is 0 Å². The molecular weight excluding hydrogens is 360 g/mol. The van der Waals surface area contributed by atoms with Gasteiger partial charge in [-0.15, -0.1) is 11.3 Å². The first-order chi connectivity index (χ1) is 13.2. The van der Waals surface area contributed by atoms with Crippen LogP contribution in [0.1, 0.15) is 11.3 Å². The molecule has 0 aliphatic carbocycles. The third-order valence-electron chi connectivity index (χ3n) is 4.11. The monoisotopic (exact) mass is 380 g/mol. The number of nitrogens with two attached hydrogens (primary N) is 1. The van der Waals surface area contributed by atoms with Crippen LogP contribution < -0.4 is 10.5 Å². The summed E-state index contributed by atoms with van der Waals surface area (Å²) in [7, 11) is 1.65. The van der Waals surface area contributed by atoms with Gasteiger partial charge in [0.2, 0.25) is 0 Å². The molecule has 0 aliphatic rings. The predicted octanol–water partition coefficient (Wildman–Crippen LogP) is 3.70. The molecule has 0 saturated carbocycles. The molecule has 0 saturated heterocycles. The Kier molecular flexibility index (Phi) is 4.98. The molecule has 7 heteroatoms. The van der Waals surface area contributed by atoms with Gasteiger partial charge in [0.1, 0.15) is 17.4 Å². The number of fused-ring (bicyclic) bond motifs is 2. The number of benzene rings is 2. The Bertz CT molecular complexity index is 1110. The fraction of sp³-hybridized carbons (Fsp3) is 0.250. The molecule has 4 rings (SSSR count). The molecule has 2 aromatic heterocycles. The van der Waals surface area contributed by atoms with Crippen molar-refractivity contribution in [1.29, 1.82) is 0 Å². The van der Waals surface area contributed by atoms with E-state index in [1.807, 2.05) is 24.3 Å². The molecule has 0 aliphatic heterocycles. The Morgan fingerprint density at radius 2 is 2.00 bits per heavy atom. The van der Waals surface area contributed by atoms with E-state index in [0.29, 0.717) is 19.8 Å². The minimum Gasteiger partial charge on any atom is -0.492 e. The highest BCUT2D eigenvalue weighted by Gasteiger charge is 2.13. The van der Waals surface area contributed by atoms with E-state index in [1.165, 1.54) is 0 Å². The lowest BCUT2D eigenvalue weighted by molar-refractivity contribution is 0.181. The van der Waals surface area contributed by atoms with E-state index in [0.717, 1.165) is 48.8 Å². The first kappa shape index (κ1) is 17.8. The van der Waals surface area contributed by atoms with E-state index in [2.05, 4.69) is 23.0 Å². The SMILES string of the molecule is COCc1cnc2c(-c3nc4ccc(OCCN)cc4s3)cc(C)cc2n1. The van der Waals surface area contributed by atoms with Crippen molar-refractivity contribution < 1.29 is 9.47 Å². The molecule has 27 heavy (non-hydrogen) atoms. The van der Waals surface area contributed by atoms with Crippen LogP contribution in [0, 0.1) is 6.92 Å². The Morgan fingerprint density at radius 1 is 1.11 bits per heavy atom. The third kappa shape index (κ3) is 3.62. The summed E-state index contributed by atoms with van der Waals surface area (Å²) in [6, 6.07) is 10.0. The van der Waals surface area contributed by atoms with Crippen LogP contribution in [-0.4, -0.2) is 35.2 Å². The van der Waals surface area contributed by atoms with Crippen LogP contribution in [-0.2, 0) is 11.3 Å². The Balaban J connectivity index is 1.81. The summed E-state index contributed by atoms with van der Waals surface area (Å²) in [4.78, 5) is 14.1. The van der Waals surface area contributed by atoms with Crippen molar-refractivity contribution in [3.63, 3.8) is 0 Å². The number of ether oxygens (including phenoxy) is 2. The number of aryl methyl sites for hydroxylation is 1. The molecule has 0 unspecified atom stereocenters. The lowest BCUT2D eigenvalue weighted by Gasteiger charge is -2.06. The van der Waals surface area contributed by atoms with Crippen molar-refractivity contribution in [3.05, 3.63) is 47.8 Å². The van der Waals surface area contributed by atoms with Gasteiger partial charge in [-0.05, 0) is 42.8 Å². The average molecular weight is 380 g/mol. The number of nitrogens with zero attached hydrogens (tertiary/aromatic N) is 3. The molecule has 4 aromatic rings. The molecule has 2 N–H and O–H groups in total. The van der Waals surface area contributed by atoms with Crippen molar-refractivity contribution in [2.75, 3.05) is 20.3 Å². The lowest BCUT2D eigenvalue weighted by Crippen LogP contribution is -2.10. The number of methoxy groups -OCH3 is 1. The predicted molar refractivity (Wildman–Crippen MR) is 108 cm³/mol. The number of aromatic nitrogens is 3. The van der Waals surface area contributed by atoms with Gasteiger partial charge < -0.3 is 15.2 Å². The molecule has 0 radical (unpaired) electrons. The van der Waals surface area contributed by atoms with Gasteiger partial charge >= 0.3 is 0 Å². The summed E-state index contributed by atoms with van der Waals surface area (Å²) < 4.78 is 11.9. The van der Waals surface area contributed by atoms with Gasteiger partial charge in [0, 0.05) is 19.2 Å². The van der Waals surface area contributed by atoms with Crippen LogP contribution in [0.5, 0.6) is 5.75 Å². The van der Waals surface area contributed by atoms with E-state index < -0.39 is 0 Å². The smallest absolute Gasteiger partial charge is 0.126 e. The second-order valence-corrected chi connectivity index (χ2v) is 7.29. The quantitative estimate of drug-likeness (QED) is 0.549. The molecule has 138 valence electrons. The van der Waals surface area contributed by atoms with Gasteiger partial charge in [0.15, 0.2) is 0 Å². The van der Waals surface area contributed by atoms with Crippen molar-refractivity contribution in [3.8, 4) is 16.3 Å². The van der Waals surface area contributed by atoms with Crippen LogP contribution >= 0.6 is 11.3 Å². The number of thiazole rings is 1. The van der Waals surface area contributed by atoms with E-state index in [9.17, 15) is 0 Å². The second-order valence-electron chi connectivity index (χ2n) is 6.26. The molecule has 0 bridgehead atoms. The van der Waals surface area contributed by atoms with E-state index in [4.69, 9.17) is 20.2 Å². The summed E-state index contributed by atoms with van der Waals surface area (Å²) in [6.07, 6.45) is 1.76. The summed E-state index contributed by atoms with van der Waals surface area (Å²) in [5.74, 6) is 0.807. The van der Waals surface area contributed by atoms with Crippen molar-refractivity contribution in [2.45, 2.75) is 13.5 Å². The first-order valence-corrected chi connectivity index (χ1v) is 9.48. The topological polar surface area (TPSA) is 83.2 Å². The standard InChI is InChI=1S/C20H20N4O2S/c1-12-7-15(19-17(8-12)23-13(10-22-19)11-25-2)20-24-16-4-3-14(26-6-5-21)9-18(16)27-20/h3-4,7-10H,5-6,11,21H2,1-2H3. The zero-order valence-corrected chi connectivity index (χ0v) is 16.0. The van der Waals surface area contributed by atoms with Crippen LogP contribution in [0.25, 0.3) is 31.8 Å². The van der Waals surface area contributed by atoms with Crippen molar-refractivity contribution >= 4 is 32.6 Å². The third-order valence-corrected chi connectivity index (χ3v) is 5.16. The number of rotatable bonds is 6. The van der Waals surface area contributed by atoms with Gasteiger partial charge in [-0.25, -0.2) is 9.97 Å². The van der Waals surface area contributed by atoms with Gasteiger partial charge in [0.05, 0.1) is 39.7 Å². The highest BCUT2D eigenvalue weighted by atomic mass is 32.1. The minimum atomic E-state index is 0.443. The fourth-order valence-corrected chi connectivity index (χ4v) is 3.98. The zero-order valence-electron chi connectivity index (χ0n) is 15.2. The number of hydrogen-bond acceptors (Lipinski definition) is 7. The van der Waals surface area contributed by atoms with Crippen LogP contribution in [0.4, 0.5) is 0 Å². The molecule has 2 heterocycles. The van der Waals surface area contributed by atoms with E-state index in [1.54, 1.807) is 24.6 Å². The van der Waals surface area contributed by atoms with Crippen LogP contribution in [0.2, 0.25) is 0 Å². The normalized spacial score (nSPS) is 11.4. The first-order valence-electron chi connectivity index (χ1n) is 8.67. The molecule has 0 fully saturated rings. The fourth-order valence-electron chi connectivity index (χ4n) is 2.97. The highest BCUT2D eigenvalue weighted by Crippen LogP contribution is 2.35. The van der Waals surface area contributed by atoms with Gasteiger partial charge in [-0.3, -0.25) is 4.98 Å². The summed E-state index contributed by atoms with van der Waals surface area (Å²) in [5, 5.41) is 0.920. The van der Waals surface area contributed by atoms with Gasteiger partial charge in [-0.1, -0.05) is 0 Å². The molecular formula is C20H20N4O2S.